The summed E-state index contributed by atoms with van der Waals surface area (Å²) < 4.78 is 35.8. The van der Waals surface area contributed by atoms with Gasteiger partial charge in [-0.2, -0.15) is 0 Å². The number of amides is 3. The zero-order valence-corrected chi connectivity index (χ0v) is 18.6. The van der Waals surface area contributed by atoms with Crippen LogP contribution in [-0.2, 0) is 34.0 Å². The molecule has 2 unspecified atom stereocenters. The van der Waals surface area contributed by atoms with Crippen molar-refractivity contribution in [3.63, 3.8) is 0 Å². The molecule has 0 aromatic heterocycles. The van der Waals surface area contributed by atoms with Gasteiger partial charge in [-0.1, -0.05) is 36.9 Å². The molecule has 2 fully saturated rings. The van der Waals surface area contributed by atoms with E-state index < -0.39 is 30.6 Å². The highest BCUT2D eigenvalue weighted by atomic mass is 16.5. The van der Waals surface area contributed by atoms with E-state index in [-0.39, 0.29) is 31.4 Å². The number of fused-ring (bicyclic) bond motifs is 1. The van der Waals surface area contributed by atoms with Crippen LogP contribution in [0.4, 0.5) is 0 Å². The van der Waals surface area contributed by atoms with E-state index >= 15 is 0 Å². The van der Waals surface area contributed by atoms with E-state index in [9.17, 15) is 14.4 Å². The largest absolute Gasteiger partial charge is 0.489 e. The summed E-state index contributed by atoms with van der Waals surface area (Å²) in [6.45, 7) is 5.54. The molecule has 2 saturated heterocycles. The van der Waals surface area contributed by atoms with Gasteiger partial charge in [-0.25, -0.2) is 0 Å². The minimum atomic E-state index is -2.17. The first-order chi connectivity index (χ1) is 17.7. The van der Waals surface area contributed by atoms with Crippen LogP contribution in [0.1, 0.15) is 43.9 Å². The first-order valence-electron chi connectivity index (χ1n) is 12.7. The van der Waals surface area contributed by atoms with Gasteiger partial charge in [-0.3, -0.25) is 14.4 Å². The van der Waals surface area contributed by atoms with E-state index in [0.717, 1.165) is 11.1 Å². The lowest BCUT2D eigenvalue weighted by Crippen LogP contribution is -2.49. The van der Waals surface area contributed by atoms with Crippen molar-refractivity contribution >= 4 is 17.7 Å². The molecule has 3 amide bonds. The molecule has 0 bridgehead atoms. The Labute approximate surface area is 202 Å². The van der Waals surface area contributed by atoms with Crippen molar-refractivity contribution < 1.29 is 28.0 Å². The van der Waals surface area contributed by atoms with Gasteiger partial charge in [0.2, 0.25) is 11.8 Å². The minimum absolute atomic E-state index is 0.0243. The lowest BCUT2D eigenvalue weighted by molar-refractivity contribution is -0.143. The lowest BCUT2D eigenvalue weighted by atomic mass is 10.0. The van der Waals surface area contributed by atoms with Crippen LogP contribution >= 0.6 is 0 Å². The maximum atomic E-state index is 13.2. The fourth-order valence-electron chi connectivity index (χ4n) is 4.27. The number of ether oxygens (including phenoxy) is 2. The third kappa shape index (κ3) is 4.41. The molecule has 2 aromatic carbocycles. The second-order valence-corrected chi connectivity index (χ2v) is 8.41. The van der Waals surface area contributed by atoms with E-state index in [1.54, 1.807) is 23.1 Å². The lowest BCUT2D eigenvalue weighted by Gasteiger charge is -2.31. The number of nitrogens with zero attached hydrogens (tertiary/aromatic N) is 2. The van der Waals surface area contributed by atoms with Crippen LogP contribution in [0, 0.1) is 0 Å². The third-order valence-electron chi connectivity index (χ3n) is 6.12. The Balaban J connectivity index is 1.27. The Hall–Kier alpha value is -3.65. The summed E-state index contributed by atoms with van der Waals surface area (Å²) in [6, 6.07) is 11.5. The summed E-state index contributed by atoms with van der Waals surface area (Å²) in [4.78, 5) is 40.7. The quantitative estimate of drug-likeness (QED) is 0.709. The van der Waals surface area contributed by atoms with E-state index in [1.807, 2.05) is 24.3 Å². The predicted molar refractivity (Wildman–Crippen MR) is 124 cm³/mol. The van der Waals surface area contributed by atoms with Crippen LogP contribution in [0.25, 0.3) is 0 Å². The molecule has 0 aliphatic carbocycles. The zero-order valence-electron chi connectivity index (χ0n) is 21.6. The third-order valence-corrected chi connectivity index (χ3v) is 6.12. The molecule has 2 aromatic rings. The van der Waals surface area contributed by atoms with E-state index in [2.05, 4.69) is 11.9 Å². The Morgan fingerprint density at radius 1 is 1.15 bits per heavy atom. The van der Waals surface area contributed by atoms with Crippen LogP contribution in [0.5, 0.6) is 5.75 Å². The van der Waals surface area contributed by atoms with Crippen molar-refractivity contribution in [2.45, 2.75) is 38.5 Å². The molecule has 3 aliphatic rings. The number of carbonyl (C=O) groups excluding carboxylic acids is 3. The van der Waals surface area contributed by atoms with Crippen LogP contribution in [0.15, 0.2) is 54.7 Å². The monoisotopic (exact) mass is 464 g/mol. The second kappa shape index (κ2) is 9.30. The molecular weight excluding hydrogens is 434 g/mol. The molecule has 3 heterocycles. The number of nitrogens with one attached hydrogen (secondary N) is 1. The Morgan fingerprint density at radius 2 is 1.94 bits per heavy atom. The Bertz CT molecular complexity index is 1270. The maximum Gasteiger partial charge on any atom is 0.255 e. The van der Waals surface area contributed by atoms with Gasteiger partial charge in [0, 0.05) is 34.0 Å². The Kier molecular flexibility index (Phi) is 5.13. The number of benzene rings is 2. The highest BCUT2D eigenvalue weighted by Gasteiger charge is 2.39. The number of piperidine rings is 1. The number of rotatable bonds is 6. The SMILES string of the molecule is [2H]C1C(N2Cc3c(OCc4ccc(CN5CCOCC5=O)cc4)cccc3C2=O)C(=O)NC(=C)C1([2H])[2H]. The molecule has 8 nitrogen and oxygen atoms in total. The van der Waals surface area contributed by atoms with Gasteiger partial charge >= 0.3 is 0 Å². The van der Waals surface area contributed by atoms with Crippen molar-refractivity contribution in [1.29, 1.82) is 0 Å². The van der Waals surface area contributed by atoms with Crippen molar-refractivity contribution in [3.05, 3.63) is 77.0 Å². The van der Waals surface area contributed by atoms with E-state index in [0.29, 0.717) is 36.6 Å². The number of morpholine rings is 1. The van der Waals surface area contributed by atoms with Crippen molar-refractivity contribution in [1.82, 2.24) is 15.1 Å². The normalized spacial score (nSPS) is 25.4. The molecule has 0 radical (unpaired) electrons. The summed E-state index contributed by atoms with van der Waals surface area (Å²) in [5.74, 6) is -0.601. The molecule has 0 spiro atoms. The molecule has 0 saturated carbocycles. The molecule has 8 heteroatoms. The van der Waals surface area contributed by atoms with Crippen molar-refractivity contribution in [2.75, 3.05) is 19.8 Å². The van der Waals surface area contributed by atoms with Gasteiger partial charge in [-0.15, -0.1) is 0 Å². The van der Waals surface area contributed by atoms with Gasteiger partial charge in [0.05, 0.1) is 13.2 Å². The van der Waals surface area contributed by atoms with Gasteiger partial charge in [0.15, 0.2) is 0 Å². The summed E-state index contributed by atoms with van der Waals surface area (Å²) in [7, 11) is 0. The van der Waals surface area contributed by atoms with Gasteiger partial charge in [0.25, 0.3) is 5.91 Å². The molecule has 176 valence electrons. The topological polar surface area (TPSA) is 88.2 Å². The van der Waals surface area contributed by atoms with E-state index in [4.69, 9.17) is 13.6 Å². The average Bonchev–Trinajstić information content (AvgIpc) is 3.21. The minimum Gasteiger partial charge on any atom is -0.489 e. The maximum absolute atomic E-state index is 13.2. The van der Waals surface area contributed by atoms with Crippen molar-refractivity contribution in [3.8, 4) is 5.75 Å². The summed E-state index contributed by atoms with van der Waals surface area (Å²) >= 11 is 0. The molecule has 5 rings (SSSR count). The standard InChI is InChI=1S/C26H27N3O5/c1-17-5-10-22(25(31)27-17)29-14-21-20(26(29)32)3-2-4-23(21)34-15-19-8-6-18(7-9-19)13-28-11-12-33-16-24(28)30/h2-4,6-9,22H,1,5,10-16H2,(H,27,31)/i5D2,10D. The fourth-order valence-corrected chi connectivity index (χ4v) is 4.27. The zero-order chi connectivity index (χ0) is 26.3. The molecule has 2 atom stereocenters. The van der Waals surface area contributed by atoms with Crippen LogP contribution in [0.2, 0.25) is 0 Å². The first-order valence-corrected chi connectivity index (χ1v) is 11.1. The number of allylic oxidation sites excluding steroid dienone is 1. The summed E-state index contributed by atoms with van der Waals surface area (Å²) in [5.41, 5.74) is 2.69. The van der Waals surface area contributed by atoms with Gasteiger partial charge in [0.1, 0.15) is 25.0 Å². The number of hydrogen-bond donors (Lipinski definition) is 1. The predicted octanol–water partition coefficient (Wildman–Crippen LogP) is 2.37. The second-order valence-electron chi connectivity index (χ2n) is 8.41. The van der Waals surface area contributed by atoms with Gasteiger partial charge in [-0.05, 0) is 36.0 Å². The molecular formula is C26H27N3O5. The smallest absolute Gasteiger partial charge is 0.255 e. The molecule has 1 N–H and O–H groups in total. The Morgan fingerprint density at radius 3 is 2.74 bits per heavy atom. The highest BCUT2D eigenvalue weighted by molar-refractivity contribution is 6.02. The van der Waals surface area contributed by atoms with Crippen LogP contribution in [-0.4, -0.2) is 53.3 Å². The first kappa shape index (κ1) is 18.7. The van der Waals surface area contributed by atoms with Gasteiger partial charge < -0.3 is 24.6 Å². The number of hydrogen-bond acceptors (Lipinski definition) is 5. The molecule has 34 heavy (non-hydrogen) atoms. The number of carbonyl (C=O) groups is 3. The fraction of sp³-hybridized carbons (Fsp3) is 0.346. The van der Waals surface area contributed by atoms with Crippen LogP contribution in [0.3, 0.4) is 0 Å². The molecule has 3 aliphatic heterocycles. The van der Waals surface area contributed by atoms with Crippen molar-refractivity contribution in [2.24, 2.45) is 0 Å². The van der Waals surface area contributed by atoms with Crippen LogP contribution < -0.4 is 10.1 Å². The summed E-state index contributed by atoms with van der Waals surface area (Å²) in [5, 5.41) is 2.39. The summed E-state index contributed by atoms with van der Waals surface area (Å²) in [6.07, 6.45) is -3.68. The van der Waals surface area contributed by atoms with E-state index in [1.165, 1.54) is 4.90 Å². The average molecular weight is 465 g/mol. The highest BCUT2D eigenvalue weighted by Crippen LogP contribution is 2.34.